The first kappa shape index (κ1) is 16.3. The van der Waals surface area contributed by atoms with Crippen molar-refractivity contribution in [2.75, 3.05) is 11.9 Å². The van der Waals surface area contributed by atoms with Crippen LogP contribution in [0.5, 0.6) is 0 Å². The molecule has 0 heterocycles. The second-order valence-electron chi connectivity index (χ2n) is 6.23. The van der Waals surface area contributed by atoms with Crippen molar-refractivity contribution in [1.29, 1.82) is 0 Å². The number of rotatable bonds is 5. The fourth-order valence-electron chi connectivity index (χ4n) is 2.55. The van der Waals surface area contributed by atoms with Gasteiger partial charge in [-0.1, -0.05) is 38.6 Å². The Morgan fingerprint density at radius 1 is 1.14 bits per heavy atom. The topological polar surface area (TPSA) is 3.24 Å². The second kappa shape index (κ2) is 6.78. The SMILES string of the molecule is C=C(CC(C)C)N(C)c1ccc(C)c(-c2ccc(F)cc2)c1. The van der Waals surface area contributed by atoms with Gasteiger partial charge in [-0.2, -0.15) is 0 Å². The lowest BCUT2D eigenvalue weighted by Crippen LogP contribution is -2.17. The van der Waals surface area contributed by atoms with Gasteiger partial charge in [-0.25, -0.2) is 4.39 Å². The molecule has 0 bridgehead atoms. The van der Waals surface area contributed by atoms with Crippen LogP contribution in [-0.2, 0) is 0 Å². The zero-order valence-corrected chi connectivity index (χ0v) is 13.9. The highest BCUT2D eigenvalue weighted by Crippen LogP contribution is 2.30. The van der Waals surface area contributed by atoms with Crippen molar-refractivity contribution >= 4 is 5.69 Å². The van der Waals surface area contributed by atoms with Crippen LogP contribution in [0.3, 0.4) is 0 Å². The Morgan fingerprint density at radius 2 is 1.77 bits per heavy atom. The molecule has 0 aliphatic heterocycles. The molecule has 0 amide bonds. The Labute approximate surface area is 133 Å². The van der Waals surface area contributed by atoms with Gasteiger partial charge in [0.2, 0.25) is 0 Å². The zero-order valence-electron chi connectivity index (χ0n) is 13.9. The average Bonchev–Trinajstić information content (AvgIpc) is 2.47. The van der Waals surface area contributed by atoms with Crippen molar-refractivity contribution in [2.24, 2.45) is 5.92 Å². The number of hydrogen-bond donors (Lipinski definition) is 0. The number of aryl methyl sites for hydroxylation is 1. The van der Waals surface area contributed by atoms with Crippen molar-refractivity contribution < 1.29 is 4.39 Å². The van der Waals surface area contributed by atoms with Gasteiger partial charge in [-0.05, 0) is 60.2 Å². The molecule has 0 saturated heterocycles. The summed E-state index contributed by atoms with van der Waals surface area (Å²) < 4.78 is 13.1. The van der Waals surface area contributed by atoms with Crippen LogP contribution < -0.4 is 4.90 Å². The minimum absolute atomic E-state index is 0.208. The third-order valence-electron chi connectivity index (χ3n) is 3.88. The lowest BCUT2D eigenvalue weighted by atomic mass is 9.99. The molecule has 1 nitrogen and oxygen atoms in total. The number of halogens is 1. The number of nitrogens with zero attached hydrogens (tertiary/aromatic N) is 1. The Bertz CT molecular complexity index is 656. The predicted molar refractivity (Wildman–Crippen MR) is 93.6 cm³/mol. The third-order valence-corrected chi connectivity index (χ3v) is 3.88. The van der Waals surface area contributed by atoms with E-state index in [0.717, 1.165) is 28.9 Å². The molecule has 116 valence electrons. The molecule has 0 atom stereocenters. The predicted octanol–water partition coefficient (Wildman–Crippen LogP) is 5.80. The minimum atomic E-state index is -0.208. The molecule has 0 unspecified atom stereocenters. The van der Waals surface area contributed by atoms with Crippen LogP contribution >= 0.6 is 0 Å². The standard InChI is InChI=1S/C20H24FN/c1-14(2)12-16(4)22(5)19-11-6-15(3)20(13-19)17-7-9-18(21)10-8-17/h6-11,13-14H,4,12H2,1-3,5H3. The summed E-state index contributed by atoms with van der Waals surface area (Å²) in [5.41, 5.74) is 5.54. The molecular formula is C20H24FN. The van der Waals surface area contributed by atoms with Gasteiger partial charge in [-0.3, -0.25) is 0 Å². The first-order valence-corrected chi connectivity index (χ1v) is 7.66. The molecule has 0 saturated carbocycles. The number of hydrogen-bond acceptors (Lipinski definition) is 1. The summed E-state index contributed by atoms with van der Waals surface area (Å²) in [6.45, 7) is 10.6. The molecule has 0 aliphatic rings. The molecule has 2 aromatic rings. The summed E-state index contributed by atoms with van der Waals surface area (Å²) in [4.78, 5) is 2.13. The molecule has 0 radical (unpaired) electrons. The average molecular weight is 297 g/mol. The van der Waals surface area contributed by atoms with Crippen molar-refractivity contribution in [3.05, 3.63) is 66.1 Å². The molecule has 2 heteroatoms. The van der Waals surface area contributed by atoms with Gasteiger partial charge in [0.05, 0.1) is 0 Å². The summed E-state index contributed by atoms with van der Waals surface area (Å²) in [6.07, 6.45) is 0.969. The Morgan fingerprint density at radius 3 is 2.36 bits per heavy atom. The third kappa shape index (κ3) is 3.76. The summed E-state index contributed by atoms with van der Waals surface area (Å²) >= 11 is 0. The summed E-state index contributed by atoms with van der Waals surface area (Å²) in [5.74, 6) is 0.372. The van der Waals surface area contributed by atoms with Crippen LogP contribution in [0.2, 0.25) is 0 Å². The molecule has 0 aliphatic carbocycles. The summed E-state index contributed by atoms with van der Waals surface area (Å²) in [7, 11) is 2.05. The number of benzene rings is 2. The fourth-order valence-corrected chi connectivity index (χ4v) is 2.55. The first-order chi connectivity index (χ1) is 10.4. The van der Waals surface area contributed by atoms with E-state index in [1.807, 2.05) is 19.2 Å². The molecule has 0 fully saturated rings. The van der Waals surface area contributed by atoms with E-state index in [1.165, 1.54) is 17.7 Å². The van der Waals surface area contributed by atoms with Crippen LogP contribution in [0.15, 0.2) is 54.7 Å². The zero-order chi connectivity index (χ0) is 16.3. The Kier molecular flexibility index (Phi) is 5.02. The van der Waals surface area contributed by atoms with Gasteiger partial charge in [0.15, 0.2) is 0 Å². The van der Waals surface area contributed by atoms with Crippen LogP contribution in [0.1, 0.15) is 25.8 Å². The van der Waals surface area contributed by atoms with Gasteiger partial charge in [-0.15, -0.1) is 0 Å². The van der Waals surface area contributed by atoms with Crippen molar-refractivity contribution in [1.82, 2.24) is 0 Å². The lowest BCUT2D eigenvalue weighted by molar-refractivity contribution is 0.628. The van der Waals surface area contributed by atoms with Gasteiger partial charge in [0.1, 0.15) is 5.82 Å². The van der Waals surface area contributed by atoms with Gasteiger partial charge in [0, 0.05) is 18.4 Å². The highest BCUT2D eigenvalue weighted by Gasteiger charge is 2.10. The Balaban J connectivity index is 2.34. The lowest BCUT2D eigenvalue weighted by Gasteiger charge is -2.24. The second-order valence-corrected chi connectivity index (χ2v) is 6.23. The van der Waals surface area contributed by atoms with E-state index in [0.29, 0.717) is 5.92 Å². The van der Waals surface area contributed by atoms with Crippen LogP contribution in [0.25, 0.3) is 11.1 Å². The first-order valence-electron chi connectivity index (χ1n) is 7.66. The van der Waals surface area contributed by atoms with E-state index in [1.54, 1.807) is 0 Å². The molecule has 22 heavy (non-hydrogen) atoms. The molecule has 2 aromatic carbocycles. The van der Waals surface area contributed by atoms with Gasteiger partial charge in [0.25, 0.3) is 0 Å². The highest BCUT2D eigenvalue weighted by atomic mass is 19.1. The van der Waals surface area contributed by atoms with E-state index in [-0.39, 0.29) is 5.82 Å². The fraction of sp³-hybridized carbons (Fsp3) is 0.300. The highest BCUT2D eigenvalue weighted by molar-refractivity contribution is 5.72. The molecular weight excluding hydrogens is 273 g/mol. The normalized spacial score (nSPS) is 10.8. The number of allylic oxidation sites excluding steroid dienone is 1. The van der Waals surface area contributed by atoms with E-state index < -0.39 is 0 Å². The number of anilines is 1. The maximum absolute atomic E-state index is 13.1. The van der Waals surface area contributed by atoms with Gasteiger partial charge >= 0.3 is 0 Å². The maximum Gasteiger partial charge on any atom is 0.123 e. The monoisotopic (exact) mass is 297 g/mol. The van der Waals surface area contributed by atoms with Crippen molar-refractivity contribution in [3.63, 3.8) is 0 Å². The van der Waals surface area contributed by atoms with E-state index >= 15 is 0 Å². The molecule has 0 aromatic heterocycles. The summed E-state index contributed by atoms with van der Waals surface area (Å²) in [5, 5.41) is 0. The van der Waals surface area contributed by atoms with Gasteiger partial charge < -0.3 is 4.90 Å². The Hall–Kier alpha value is -2.09. The quantitative estimate of drug-likeness (QED) is 0.674. The largest absolute Gasteiger partial charge is 0.349 e. The van der Waals surface area contributed by atoms with Crippen LogP contribution in [-0.4, -0.2) is 7.05 Å². The summed E-state index contributed by atoms with van der Waals surface area (Å²) in [6, 6.07) is 13.0. The molecule has 2 rings (SSSR count). The molecule has 0 N–H and O–H groups in total. The van der Waals surface area contributed by atoms with Crippen molar-refractivity contribution in [3.8, 4) is 11.1 Å². The van der Waals surface area contributed by atoms with Crippen LogP contribution in [0, 0.1) is 18.7 Å². The molecule has 0 spiro atoms. The van der Waals surface area contributed by atoms with E-state index in [9.17, 15) is 4.39 Å². The van der Waals surface area contributed by atoms with Crippen LogP contribution in [0.4, 0.5) is 10.1 Å². The maximum atomic E-state index is 13.1. The smallest absolute Gasteiger partial charge is 0.123 e. The minimum Gasteiger partial charge on any atom is -0.349 e. The van der Waals surface area contributed by atoms with E-state index in [4.69, 9.17) is 0 Å². The van der Waals surface area contributed by atoms with E-state index in [2.05, 4.69) is 50.4 Å². The van der Waals surface area contributed by atoms with Crippen molar-refractivity contribution in [2.45, 2.75) is 27.2 Å².